The predicted octanol–water partition coefficient (Wildman–Crippen LogP) is 0.0700. The van der Waals surface area contributed by atoms with Crippen molar-refractivity contribution < 1.29 is 13.2 Å². The van der Waals surface area contributed by atoms with Gasteiger partial charge < -0.3 is 15.5 Å². The summed E-state index contributed by atoms with van der Waals surface area (Å²) in [7, 11) is 0.267. The van der Waals surface area contributed by atoms with Crippen LogP contribution in [0.3, 0.4) is 0 Å². The molecule has 2 rings (SSSR count). The van der Waals surface area contributed by atoms with Crippen LogP contribution in [0, 0.1) is 0 Å². The first-order valence-electron chi connectivity index (χ1n) is 8.38. The van der Waals surface area contributed by atoms with E-state index in [0.717, 1.165) is 18.7 Å². The van der Waals surface area contributed by atoms with Crippen LogP contribution in [0.15, 0.2) is 41.3 Å². The number of anilines is 1. The van der Waals surface area contributed by atoms with E-state index in [0.29, 0.717) is 18.8 Å². The number of amides is 1. The number of hydrogen-bond donors (Lipinski definition) is 3. The third-order valence-electron chi connectivity index (χ3n) is 3.71. The van der Waals surface area contributed by atoms with Crippen LogP contribution in [0.4, 0.5) is 5.82 Å². The number of likely N-dealkylation sites (N-methyl/N-ethyl adjacent to an activating group) is 1. The minimum atomic E-state index is -3.70. The average Bonchev–Trinajstić information content (AvgIpc) is 2.61. The molecule has 0 aliphatic carbocycles. The van der Waals surface area contributed by atoms with Gasteiger partial charge in [0.15, 0.2) is 5.69 Å². The van der Waals surface area contributed by atoms with Gasteiger partial charge in [-0.2, -0.15) is 0 Å². The van der Waals surface area contributed by atoms with Gasteiger partial charge in [0.2, 0.25) is 10.0 Å². The van der Waals surface area contributed by atoms with Crippen molar-refractivity contribution in [3.8, 4) is 0 Å². The van der Waals surface area contributed by atoms with E-state index in [-0.39, 0.29) is 16.5 Å². The number of benzene rings is 1. The van der Waals surface area contributed by atoms with Crippen LogP contribution in [0.2, 0.25) is 0 Å². The summed E-state index contributed by atoms with van der Waals surface area (Å²) in [4.78, 5) is 14.2. The largest absolute Gasteiger partial charge is 0.367 e. The number of rotatable bonds is 9. The second-order valence-corrected chi connectivity index (χ2v) is 7.79. The minimum Gasteiger partial charge on any atom is -0.367 e. The molecule has 0 atom stereocenters. The number of sulfonamides is 1. The van der Waals surface area contributed by atoms with Crippen LogP contribution in [-0.4, -0.2) is 63.2 Å². The average molecular weight is 392 g/mol. The van der Waals surface area contributed by atoms with E-state index in [4.69, 9.17) is 5.14 Å². The Morgan fingerprint density at radius 3 is 2.33 bits per heavy atom. The first-order chi connectivity index (χ1) is 12.8. The van der Waals surface area contributed by atoms with Crippen LogP contribution in [0.1, 0.15) is 16.1 Å². The molecule has 0 spiro atoms. The molecule has 0 aliphatic rings. The second kappa shape index (κ2) is 9.40. The van der Waals surface area contributed by atoms with Gasteiger partial charge in [-0.3, -0.25) is 4.79 Å². The molecular formula is C17H24N6O3S. The summed E-state index contributed by atoms with van der Waals surface area (Å²) in [6.45, 7) is 1.98. The van der Waals surface area contributed by atoms with E-state index in [2.05, 4.69) is 20.8 Å². The normalized spacial score (nSPS) is 11.4. The molecular weight excluding hydrogens is 368 g/mol. The maximum absolute atomic E-state index is 12.1. The Bertz CT molecular complexity index is 851. The Hall–Kier alpha value is -2.56. The number of hydrogen-bond acceptors (Lipinski definition) is 7. The standard InChI is InChI=1S/C17H24N6O3S/c1-23(2)12-11-19-16-8-7-15(21-22-16)17(24)20-10-9-13-3-5-14(6-4-13)27(18,25)26/h3-8H,9-12H2,1-2H3,(H,19,22)(H,20,24)(H2,18,25,26). The Balaban J connectivity index is 1.80. The second-order valence-electron chi connectivity index (χ2n) is 6.23. The molecule has 0 unspecified atom stereocenters. The summed E-state index contributed by atoms with van der Waals surface area (Å²) in [5.74, 6) is 0.298. The zero-order valence-electron chi connectivity index (χ0n) is 15.3. The number of nitrogens with one attached hydrogen (secondary N) is 2. The van der Waals surface area contributed by atoms with Gasteiger partial charge in [0.1, 0.15) is 5.82 Å². The molecule has 0 saturated heterocycles. The molecule has 1 aromatic heterocycles. The van der Waals surface area contributed by atoms with Crippen molar-refractivity contribution >= 4 is 21.7 Å². The minimum absolute atomic E-state index is 0.0600. The number of aromatic nitrogens is 2. The molecule has 1 amide bonds. The maximum Gasteiger partial charge on any atom is 0.271 e. The molecule has 9 nitrogen and oxygen atoms in total. The summed E-state index contributed by atoms with van der Waals surface area (Å²) in [6, 6.07) is 9.55. The van der Waals surface area contributed by atoms with Crippen molar-refractivity contribution in [2.45, 2.75) is 11.3 Å². The molecule has 0 aliphatic heterocycles. The maximum atomic E-state index is 12.1. The Morgan fingerprint density at radius 1 is 1.07 bits per heavy atom. The van der Waals surface area contributed by atoms with Crippen molar-refractivity contribution in [2.75, 3.05) is 39.0 Å². The monoisotopic (exact) mass is 392 g/mol. The number of nitrogens with two attached hydrogens (primary N) is 1. The van der Waals surface area contributed by atoms with Gasteiger partial charge in [-0.05, 0) is 50.3 Å². The van der Waals surface area contributed by atoms with E-state index in [1.807, 2.05) is 19.0 Å². The van der Waals surface area contributed by atoms with Gasteiger partial charge >= 0.3 is 0 Å². The first-order valence-corrected chi connectivity index (χ1v) is 9.92. The lowest BCUT2D eigenvalue weighted by Crippen LogP contribution is -2.27. The van der Waals surface area contributed by atoms with E-state index in [1.54, 1.807) is 24.3 Å². The van der Waals surface area contributed by atoms with Gasteiger partial charge in [-0.25, -0.2) is 13.6 Å². The highest BCUT2D eigenvalue weighted by Gasteiger charge is 2.09. The highest BCUT2D eigenvalue weighted by molar-refractivity contribution is 7.89. The van der Waals surface area contributed by atoms with E-state index in [1.165, 1.54) is 12.1 Å². The molecule has 0 radical (unpaired) electrons. The summed E-state index contributed by atoms with van der Waals surface area (Å²) < 4.78 is 22.4. The molecule has 4 N–H and O–H groups in total. The SMILES string of the molecule is CN(C)CCNc1ccc(C(=O)NCCc2ccc(S(N)(=O)=O)cc2)nn1. The molecule has 146 valence electrons. The van der Waals surface area contributed by atoms with Gasteiger partial charge in [0.05, 0.1) is 4.90 Å². The lowest BCUT2D eigenvalue weighted by Gasteiger charge is -2.10. The number of nitrogens with zero attached hydrogens (tertiary/aromatic N) is 3. The molecule has 27 heavy (non-hydrogen) atoms. The molecule has 0 saturated carbocycles. The zero-order chi connectivity index (χ0) is 19.9. The van der Waals surface area contributed by atoms with Crippen LogP contribution in [0.25, 0.3) is 0 Å². The third-order valence-corrected chi connectivity index (χ3v) is 4.64. The molecule has 0 bridgehead atoms. The van der Waals surface area contributed by atoms with Crippen LogP contribution in [-0.2, 0) is 16.4 Å². The van der Waals surface area contributed by atoms with Crippen LogP contribution >= 0.6 is 0 Å². The molecule has 2 aromatic rings. The zero-order valence-corrected chi connectivity index (χ0v) is 16.2. The summed E-state index contributed by atoms with van der Waals surface area (Å²) in [5, 5.41) is 18.8. The number of primary sulfonamides is 1. The lowest BCUT2D eigenvalue weighted by atomic mass is 10.1. The molecule has 0 fully saturated rings. The lowest BCUT2D eigenvalue weighted by molar-refractivity contribution is 0.0948. The van der Waals surface area contributed by atoms with Crippen LogP contribution in [0.5, 0.6) is 0 Å². The van der Waals surface area contributed by atoms with Gasteiger partial charge in [0, 0.05) is 19.6 Å². The van der Waals surface area contributed by atoms with E-state index < -0.39 is 10.0 Å². The Morgan fingerprint density at radius 2 is 1.78 bits per heavy atom. The smallest absolute Gasteiger partial charge is 0.271 e. The fourth-order valence-electron chi connectivity index (χ4n) is 2.21. The highest BCUT2D eigenvalue weighted by Crippen LogP contribution is 2.09. The third kappa shape index (κ3) is 6.93. The fourth-order valence-corrected chi connectivity index (χ4v) is 2.73. The Kier molecular flexibility index (Phi) is 7.22. The Labute approximate surface area is 159 Å². The summed E-state index contributed by atoms with van der Waals surface area (Å²) in [6.07, 6.45) is 0.550. The van der Waals surface area contributed by atoms with E-state index in [9.17, 15) is 13.2 Å². The molecule has 1 aromatic carbocycles. The fraction of sp³-hybridized carbons (Fsp3) is 0.353. The number of carbonyl (C=O) groups excluding carboxylic acids is 1. The first kappa shape index (κ1) is 20.7. The van der Waals surface area contributed by atoms with Crippen molar-refractivity contribution in [1.82, 2.24) is 20.4 Å². The number of carbonyl (C=O) groups is 1. The summed E-state index contributed by atoms with van der Waals surface area (Å²) >= 11 is 0. The summed E-state index contributed by atoms with van der Waals surface area (Å²) in [5.41, 5.74) is 1.12. The quantitative estimate of drug-likeness (QED) is 0.550. The van der Waals surface area contributed by atoms with Gasteiger partial charge in [-0.15, -0.1) is 10.2 Å². The van der Waals surface area contributed by atoms with Crippen molar-refractivity contribution in [2.24, 2.45) is 5.14 Å². The van der Waals surface area contributed by atoms with Crippen molar-refractivity contribution in [3.05, 3.63) is 47.7 Å². The van der Waals surface area contributed by atoms with Gasteiger partial charge in [-0.1, -0.05) is 12.1 Å². The van der Waals surface area contributed by atoms with E-state index >= 15 is 0 Å². The van der Waals surface area contributed by atoms with Gasteiger partial charge in [0.25, 0.3) is 5.91 Å². The predicted molar refractivity (Wildman–Crippen MR) is 103 cm³/mol. The van der Waals surface area contributed by atoms with Crippen molar-refractivity contribution in [3.63, 3.8) is 0 Å². The molecule has 10 heteroatoms. The highest BCUT2D eigenvalue weighted by atomic mass is 32.2. The van der Waals surface area contributed by atoms with Crippen molar-refractivity contribution in [1.29, 1.82) is 0 Å². The van der Waals surface area contributed by atoms with Crippen LogP contribution < -0.4 is 15.8 Å². The molecule has 1 heterocycles. The topological polar surface area (TPSA) is 130 Å².